The summed E-state index contributed by atoms with van der Waals surface area (Å²) in [6.07, 6.45) is 7.32. The monoisotopic (exact) mass is 172 g/mol. The first-order chi connectivity index (χ1) is 6.42. The lowest BCUT2D eigenvalue weighted by Gasteiger charge is -2.22. The van der Waals surface area contributed by atoms with Gasteiger partial charge in [-0.25, -0.2) is 0 Å². The van der Waals surface area contributed by atoms with Crippen molar-refractivity contribution in [3.8, 4) is 0 Å². The Morgan fingerprint density at radius 1 is 1.08 bits per heavy atom. The fourth-order valence-corrected chi connectivity index (χ4v) is 3.16. The van der Waals surface area contributed by atoms with Crippen LogP contribution in [0.15, 0.2) is 30.3 Å². The lowest BCUT2D eigenvalue weighted by atomic mass is 9.83. The third-order valence-electron chi connectivity index (χ3n) is 4.01. The molecular weight excluding hydrogens is 156 g/mol. The van der Waals surface area contributed by atoms with Gasteiger partial charge in [0.1, 0.15) is 0 Å². The lowest BCUT2D eigenvalue weighted by molar-refractivity contribution is 0.428. The van der Waals surface area contributed by atoms with Crippen molar-refractivity contribution in [1.82, 2.24) is 0 Å². The lowest BCUT2D eigenvalue weighted by Crippen LogP contribution is -2.13. The Morgan fingerprint density at radius 3 is 2.69 bits per heavy atom. The van der Waals surface area contributed by atoms with Gasteiger partial charge in [0.05, 0.1) is 0 Å². The van der Waals surface area contributed by atoms with Crippen LogP contribution in [0.5, 0.6) is 0 Å². The van der Waals surface area contributed by atoms with Crippen molar-refractivity contribution in [2.75, 3.05) is 0 Å². The summed E-state index contributed by atoms with van der Waals surface area (Å²) in [5, 5.41) is 0. The van der Waals surface area contributed by atoms with Crippen LogP contribution in [0.1, 0.15) is 37.7 Å². The molecule has 2 fully saturated rings. The molecule has 0 amide bonds. The van der Waals surface area contributed by atoms with Crippen LogP contribution in [0.25, 0.3) is 0 Å². The molecule has 0 saturated heterocycles. The highest BCUT2D eigenvalue weighted by Gasteiger charge is 2.55. The molecule has 2 aliphatic rings. The van der Waals surface area contributed by atoms with Crippen molar-refractivity contribution in [3.05, 3.63) is 35.9 Å². The number of hydrogen-bond acceptors (Lipinski definition) is 0. The molecule has 2 atom stereocenters. The van der Waals surface area contributed by atoms with E-state index >= 15 is 0 Å². The molecule has 0 spiro atoms. The molecule has 0 bridgehead atoms. The maximum atomic E-state index is 2.32. The molecule has 0 aliphatic heterocycles. The fourth-order valence-electron chi connectivity index (χ4n) is 3.16. The van der Waals surface area contributed by atoms with Crippen molar-refractivity contribution in [2.45, 2.75) is 37.5 Å². The van der Waals surface area contributed by atoms with Crippen molar-refractivity contribution >= 4 is 0 Å². The predicted octanol–water partition coefficient (Wildman–Crippen LogP) is 3.52. The number of hydrogen-bond donors (Lipinski definition) is 0. The van der Waals surface area contributed by atoms with Crippen molar-refractivity contribution in [1.29, 1.82) is 0 Å². The minimum Gasteiger partial charge on any atom is -0.0622 e. The Kier molecular flexibility index (Phi) is 1.52. The molecule has 0 aromatic heterocycles. The highest BCUT2D eigenvalue weighted by Crippen LogP contribution is 2.62. The van der Waals surface area contributed by atoms with E-state index in [1.54, 1.807) is 5.56 Å². The Labute approximate surface area is 80.0 Å². The van der Waals surface area contributed by atoms with E-state index in [0.29, 0.717) is 5.41 Å². The topological polar surface area (TPSA) is 0 Å². The first-order valence-electron chi connectivity index (χ1n) is 5.47. The van der Waals surface area contributed by atoms with Gasteiger partial charge < -0.3 is 0 Å². The van der Waals surface area contributed by atoms with E-state index in [1.807, 2.05) is 0 Å². The standard InChI is InChI=1S/C13H16/c1-2-6-11(7-3-1)13-9-5-4-8-12(13)10-13/h1-3,6-7,12H,4-5,8-10H2/t12-,13+/m1/s1. The number of rotatable bonds is 1. The van der Waals surface area contributed by atoms with Gasteiger partial charge in [0.2, 0.25) is 0 Å². The van der Waals surface area contributed by atoms with Gasteiger partial charge in [-0.3, -0.25) is 0 Å². The van der Waals surface area contributed by atoms with Crippen LogP contribution < -0.4 is 0 Å². The first kappa shape index (κ1) is 7.61. The molecule has 68 valence electrons. The van der Waals surface area contributed by atoms with E-state index in [1.165, 1.54) is 32.1 Å². The molecule has 1 aromatic carbocycles. The maximum Gasteiger partial charge on any atom is -0.00155 e. The summed E-state index contributed by atoms with van der Waals surface area (Å²) in [5.41, 5.74) is 2.25. The van der Waals surface area contributed by atoms with Gasteiger partial charge in [0.15, 0.2) is 0 Å². The van der Waals surface area contributed by atoms with Gasteiger partial charge >= 0.3 is 0 Å². The highest BCUT2D eigenvalue weighted by molar-refractivity contribution is 5.34. The Morgan fingerprint density at radius 2 is 1.92 bits per heavy atom. The second-order valence-corrected chi connectivity index (χ2v) is 4.67. The van der Waals surface area contributed by atoms with E-state index in [-0.39, 0.29) is 0 Å². The number of fused-ring (bicyclic) bond motifs is 1. The van der Waals surface area contributed by atoms with Crippen molar-refractivity contribution < 1.29 is 0 Å². The zero-order valence-corrected chi connectivity index (χ0v) is 8.00. The van der Waals surface area contributed by atoms with Gasteiger partial charge in [-0.15, -0.1) is 0 Å². The molecule has 2 aliphatic carbocycles. The molecule has 0 N–H and O–H groups in total. The fraction of sp³-hybridized carbons (Fsp3) is 0.538. The van der Waals surface area contributed by atoms with Crippen LogP contribution >= 0.6 is 0 Å². The van der Waals surface area contributed by atoms with Gasteiger partial charge in [0, 0.05) is 0 Å². The van der Waals surface area contributed by atoms with Crippen LogP contribution in [0.4, 0.5) is 0 Å². The molecule has 13 heavy (non-hydrogen) atoms. The molecule has 0 heterocycles. The van der Waals surface area contributed by atoms with Gasteiger partial charge in [-0.2, -0.15) is 0 Å². The van der Waals surface area contributed by atoms with E-state index in [2.05, 4.69) is 30.3 Å². The van der Waals surface area contributed by atoms with Crippen LogP contribution in [-0.4, -0.2) is 0 Å². The normalized spacial score (nSPS) is 36.8. The van der Waals surface area contributed by atoms with Gasteiger partial charge in [-0.1, -0.05) is 43.2 Å². The summed E-state index contributed by atoms with van der Waals surface area (Å²) >= 11 is 0. The smallest absolute Gasteiger partial charge is 0.00155 e. The molecule has 0 radical (unpaired) electrons. The van der Waals surface area contributed by atoms with Gasteiger partial charge in [-0.05, 0) is 36.2 Å². The molecular formula is C13H16. The van der Waals surface area contributed by atoms with Crippen LogP contribution in [0.2, 0.25) is 0 Å². The first-order valence-corrected chi connectivity index (χ1v) is 5.47. The van der Waals surface area contributed by atoms with E-state index in [9.17, 15) is 0 Å². The van der Waals surface area contributed by atoms with Crippen LogP contribution in [0.3, 0.4) is 0 Å². The predicted molar refractivity (Wildman–Crippen MR) is 54.7 cm³/mol. The molecule has 0 nitrogen and oxygen atoms in total. The van der Waals surface area contributed by atoms with Gasteiger partial charge in [0.25, 0.3) is 0 Å². The third-order valence-corrected chi connectivity index (χ3v) is 4.01. The highest BCUT2D eigenvalue weighted by atomic mass is 14.6. The average molecular weight is 172 g/mol. The minimum atomic E-state index is 0.638. The van der Waals surface area contributed by atoms with E-state index < -0.39 is 0 Å². The average Bonchev–Trinajstić information content (AvgIpc) is 2.94. The SMILES string of the molecule is c1ccc([C@@]23CCCC[C@@H]2C3)cc1. The van der Waals surface area contributed by atoms with Crippen molar-refractivity contribution in [2.24, 2.45) is 5.92 Å². The Hall–Kier alpha value is -0.780. The third kappa shape index (κ3) is 1.04. The summed E-state index contributed by atoms with van der Waals surface area (Å²) in [4.78, 5) is 0. The van der Waals surface area contributed by atoms with E-state index in [0.717, 1.165) is 5.92 Å². The molecule has 2 saturated carbocycles. The summed E-state index contributed by atoms with van der Waals surface area (Å²) < 4.78 is 0. The second kappa shape index (κ2) is 2.60. The zero-order chi connectivity index (χ0) is 8.73. The quantitative estimate of drug-likeness (QED) is 0.608. The molecule has 0 unspecified atom stereocenters. The molecule has 0 heteroatoms. The summed E-state index contributed by atoms with van der Waals surface area (Å²) in [6, 6.07) is 11.2. The summed E-state index contributed by atoms with van der Waals surface area (Å²) in [7, 11) is 0. The maximum absolute atomic E-state index is 2.32. The van der Waals surface area contributed by atoms with Crippen LogP contribution in [-0.2, 0) is 5.41 Å². The largest absolute Gasteiger partial charge is 0.0622 e. The second-order valence-electron chi connectivity index (χ2n) is 4.67. The van der Waals surface area contributed by atoms with E-state index in [4.69, 9.17) is 0 Å². The molecule has 1 aromatic rings. The minimum absolute atomic E-state index is 0.638. The molecule has 3 rings (SSSR count). The van der Waals surface area contributed by atoms with Crippen molar-refractivity contribution in [3.63, 3.8) is 0 Å². The summed E-state index contributed by atoms with van der Waals surface area (Å²) in [6.45, 7) is 0. The Balaban J connectivity index is 1.94. The summed E-state index contributed by atoms with van der Waals surface area (Å²) in [5.74, 6) is 1.03. The van der Waals surface area contributed by atoms with Crippen LogP contribution in [0, 0.1) is 5.92 Å². The zero-order valence-electron chi connectivity index (χ0n) is 8.00. The Bertz CT molecular complexity index is 301. The number of benzene rings is 1.